The van der Waals surface area contributed by atoms with E-state index >= 15 is 0 Å². The highest BCUT2D eigenvalue weighted by Gasteiger charge is 2.32. The fourth-order valence-corrected chi connectivity index (χ4v) is 1.53. The summed E-state index contributed by atoms with van der Waals surface area (Å²) in [5.74, 6) is -1.04. The summed E-state index contributed by atoms with van der Waals surface area (Å²) in [6, 6.07) is 2.47. The van der Waals surface area contributed by atoms with Crippen LogP contribution in [-0.2, 0) is 4.84 Å². The van der Waals surface area contributed by atoms with E-state index in [4.69, 9.17) is 4.84 Å². The number of amides is 1. The van der Waals surface area contributed by atoms with Crippen LogP contribution in [0.15, 0.2) is 18.7 Å². The lowest BCUT2D eigenvalue weighted by Gasteiger charge is -2.12. The molecular weight excluding hydrogens is 198 g/mol. The maximum Gasteiger partial charge on any atom is 0.283 e. The normalized spacial score (nSPS) is 14.6. The Balaban J connectivity index is 2.63. The standard InChI is InChI=1S/C10H9NO4/c1-5-6-3-8(12)9(13)4-7(6)10(14)11(5)15-2/h3-4,12-13H,1H2,2H3. The van der Waals surface area contributed by atoms with E-state index in [1.165, 1.54) is 19.2 Å². The third-order valence-electron chi connectivity index (χ3n) is 2.27. The van der Waals surface area contributed by atoms with Crippen LogP contribution < -0.4 is 0 Å². The second-order valence-electron chi connectivity index (χ2n) is 3.12. The van der Waals surface area contributed by atoms with Gasteiger partial charge in [-0.25, -0.2) is 0 Å². The average molecular weight is 207 g/mol. The van der Waals surface area contributed by atoms with Crippen LogP contribution in [0.25, 0.3) is 5.70 Å². The molecule has 0 bridgehead atoms. The van der Waals surface area contributed by atoms with Gasteiger partial charge in [-0.05, 0) is 12.1 Å². The molecule has 0 spiro atoms. The lowest BCUT2D eigenvalue weighted by molar-refractivity contribution is -0.0453. The second kappa shape index (κ2) is 2.99. The summed E-state index contributed by atoms with van der Waals surface area (Å²) in [4.78, 5) is 16.5. The molecule has 2 N–H and O–H groups in total. The van der Waals surface area contributed by atoms with Crippen molar-refractivity contribution in [2.75, 3.05) is 7.11 Å². The van der Waals surface area contributed by atoms with E-state index in [0.717, 1.165) is 5.06 Å². The van der Waals surface area contributed by atoms with E-state index in [1.54, 1.807) is 0 Å². The molecule has 1 aliphatic heterocycles. The van der Waals surface area contributed by atoms with Gasteiger partial charge in [0.1, 0.15) is 0 Å². The predicted octanol–water partition coefficient (Wildman–Crippen LogP) is 1.09. The summed E-state index contributed by atoms with van der Waals surface area (Å²) in [5, 5.41) is 19.5. The van der Waals surface area contributed by atoms with Crippen molar-refractivity contribution in [1.29, 1.82) is 0 Å². The van der Waals surface area contributed by atoms with Gasteiger partial charge in [-0.1, -0.05) is 6.58 Å². The summed E-state index contributed by atoms with van der Waals surface area (Å²) in [5.41, 5.74) is 1.06. The van der Waals surface area contributed by atoms with E-state index in [0.29, 0.717) is 11.3 Å². The summed E-state index contributed by atoms with van der Waals surface area (Å²) in [6.45, 7) is 3.66. The van der Waals surface area contributed by atoms with Crippen molar-refractivity contribution in [3.05, 3.63) is 29.8 Å². The molecule has 78 valence electrons. The molecule has 0 unspecified atom stereocenters. The molecule has 0 atom stereocenters. The first kappa shape index (κ1) is 9.54. The Hall–Kier alpha value is -2.01. The Morgan fingerprint density at radius 2 is 1.80 bits per heavy atom. The zero-order valence-electron chi connectivity index (χ0n) is 8.02. The van der Waals surface area contributed by atoms with Gasteiger partial charge in [-0.15, -0.1) is 0 Å². The van der Waals surface area contributed by atoms with Gasteiger partial charge in [0.25, 0.3) is 5.91 Å². The topological polar surface area (TPSA) is 70.0 Å². The zero-order chi connectivity index (χ0) is 11.2. The molecule has 2 rings (SSSR count). The maximum absolute atomic E-state index is 11.6. The minimum absolute atomic E-state index is 0.261. The van der Waals surface area contributed by atoms with Gasteiger partial charge in [0.2, 0.25) is 0 Å². The fourth-order valence-electron chi connectivity index (χ4n) is 1.53. The smallest absolute Gasteiger partial charge is 0.283 e. The van der Waals surface area contributed by atoms with Crippen LogP contribution in [0.1, 0.15) is 15.9 Å². The molecule has 1 heterocycles. The van der Waals surface area contributed by atoms with Gasteiger partial charge >= 0.3 is 0 Å². The second-order valence-corrected chi connectivity index (χ2v) is 3.12. The molecule has 0 saturated heterocycles. The van der Waals surface area contributed by atoms with Crippen LogP contribution in [-0.4, -0.2) is 28.3 Å². The van der Waals surface area contributed by atoms with Crippen LogP contribution >= 0.6 is 0 Å². The van der Waals surface area contributed by atoms with Crippen LogP contribution in [0, 0.1) is 0 Å². The Bertz CT molecular complexity index is 426. The quantitative estimate of drug-likeness (QED) is 0.676. The number of benzene rings is 1. The Morgan fingerprint density at radius 3 is 2.33 bits per heavy atom. The fraction of sp³-hybridized carbons (Fsp3) is 0.100. The Morgan fingerprint density at radius 1 is 1.27 bits per heavy atom. The highest BCUT2D eigenvalue weighted by atomic mass is 16.7. The zero-order valence-corrected chi connectivity index (χ0v) is 8.02. The number of nitrogens with zero attached hydrogens (tertiary/aromatic N) is 1. The summed E-state index contributed by atoms with van der Waals surface area (Å²) in [6.07, 6.45) is 0. The van der Waals surface area contributed by atoms with Gasteiger partial charge in [0.15, 0.2) is 11.5 Å². The van der Waals surface area contributed by atoms with Crippen LogP contribution in [0.2, 0.25) is 0 Å². The molecule has 1 aliphatic rings. The molecule has 1 aromatic carbocycles. The maximum atomic E-state index is 11.6. The number of aromatic hydroxyl groups is 2. The van der Waals surface area contributed by atoms with E-state index < -0.39 is 5.91 Å². The largest absolute Gasteiger partial charge is 0.504 e. The molecule has 5 heteroatoms. The molecule has 0 aliphatic carbocycles. The predicted molar refractivity (Wildman–Crippen MR) is 52.0 cm³/mol. The van der Waals surface area contributed by atoms with E-state index in [9.17, 15) is 15.0 Å². The molecule has 1 aromatic rings. The third-order valence-corrected chi connectivity index (χ3v) is 2.27. The van der Waals surface area contributed by atoms with Crippen molar-refractivity contribution in [2.45, 2.75) is 0 Å². The summed E-state index contributed by atoms with van der Waals surface area (Å²) < 4.78 is 0. The number of carbonyl (C=O) groups is 1. The first-order valence-electron chi connectivity index (χ1n) is 4.20. The molecular formula is C10H9NO4. The summed E-state index contributed by atoms with van der Waals surface area (Å²) >= 11 is 0. The number of rotatable bonds is 1. The highest BCUT2D eigenvalue weighted by Crippen LogP contribution is 2.38. The lowest BCUT2D eigenvalue weighted by Crippen LogP contribution is -2.20. The molecule has 1 amide bonds. The van der Waals surface area contributed by atoms with Crippen molar-refractivity contribution in [1.82, 2.24) is 5.06 Å². The number of fused-ring (bicyclic) bond motifs is 1. The van der Waals surface area contributed by atoms with Gasteiger partial charge in [-0.3, -0.25) is 9.63 Å². The number of phenolic OH excluding ortho intramolecular Hbond substituents is 2. The number of phenols is 2. The number of hydrogen-bond acceptors (Lipinski definition) is 4. The highest BCUT2D eigenvalue weighted by molar-refractivity contribution is 6.08. The van der Waals surface area contributed by atoms with Crippen molar-refractivity contribution in [3.63, 3.8) is 0 Å². The molecule has 5 nitrogen and oxygen atoms in total. The first-order chi connectivity index (χ1) is 7.06. The number of hydroxylamine groups is 2. The average Bonchev–Trinajstić information content (AvgIpc) is 2.42. The minimum atomic E-state index is -0.409. The van der Waals surface area contributed by atoms with Gasteiger partial charge in [0.05, 0.1) is 18.4 Å². The lowest BCUT2D eigenvalue weighted by atomic mass is 10.1. The molecule has 0 saturated carbocycles. The van der Waals surface area contributed by atoms with E-state index in [2.05, 4.69) is 6.58 Å². The number of carbonyl (C=O) groups excluding carboxylic acids is 1. The Kier molecular flexibility index (Phi) is 1.90. The molecule has 15 heavy (non-hydrogen) atoms. The summed E-state index contributed by atoms with van der Waals surface area (Å²) in [7, 11) is 1.34. The van der Waals surface area contributed by atoms with Crippen molar-refractivity contribution in [2.24, 2.45) is 0 Å². The van der Waals surface area contributed by atoms with Crippen molar-refractivity contribution in [3.8, 4) is 11.5 Å². The van der Waals surface area contributed by atoms with Crippen molar-refractivity contribution >= 4 is 11.6 Å². The van der Waals surface area contributed by atoms with Gasteiger partial charge in [-0.2, -0.15) is 5.06 Å². The van der Waals surface area contributed by atoms with E-state index in [-0.39, 0.29) is 17.1 Å². The first-order valence-corrected chi connectivity index (χ1v) is 4.20. The van der Waals surface area contributed by atoms with Crippen LogP contribution in [0.3, 0.4) is 0 Å². The van der Waals surface area contributed by atoms with Crippen LogP contribution in [0.4, 0.5) is 0 Å². The monoisotopic (exact) mass is 207 g/mol. The van der Waals surface area contributed by atoms with Crippen LogP contribution in [0.5, 0.6) is 11.5 Å². The van der Waals surface area contributed by atoms with E-state index in [1.807, 2.05) is 0 Å². The molecule has 0 aromatic heterocycles. The number of hydrogen-bond donors (Lipinski definition) is 2. The van der Waals surface area contributed by atoms with Gasteiger partial charge in [0, 0.05) is 5.56 Å². The molecule has 0 radical (unpaired) electrons. The molecule has 0 fully saturated rings. The van der Waals surface area contributed by atoms with Gasteiger partial charge < -0.3 is 10.2 Å². The minimum Gasteiger partial charge on any atom is -0.504 e. The third kappa shape index (κ3) is 1.17. The van der Waals surface area contributed by atoms with Crippen molar-refractivity contribution < 1.29 is 19.8 Å². The SMILES string of the molecule is C=C1c2cc(O)c(O)cc2C(=O)N1OC. The Labute approximate surface area is 85.8 Å².